The smallest absolute Gasteiger partial charge is 0.261 e. The molecule has 1 aromatic heterocycles. The maximum absolute atomic E-state index is 12.9. The first-order valence-corrected chi connectivity index (χ1v) is 8.06. The average Bonchev–Trinajstić information content (AvgIpc) is 2.97. The Bertz CT molecular complexity index is 934. The van der Waals surface area contributed by atoms with Gasteiger partial charge < -0.3 is 14.6 Å². The first kappa shape index (κ1) is 17.0. The highest BCUT2D eigenvalue weighted by Gasteiger charge is 2.23. The lowest BCUT2D eigenvalue weighted by Gasteiger charge is -2.11. The minimum atomic E-state index is -0.336. The highest BCUT2D eigenvalue weighted by atomic mass is 35.5. The zero-order valence-corrected chi connectivity index (χ0v) is 14.8. The number of hydrogen-bond donors (Lipinski definition) is 1. The van der Waals surface area contributed by atoms with Crippen LogP contribution < -0.4 is 10.1 Å². The number of halogens is 1. The predicted octanol–water partition coefficient (Wildman–Crippen LogP) is 4.87. The molecule has 0 saturated carbocycles. The number of carbonyl (C=O) groups excluding carboxylic acids is 1. The Labute approximate surface area is 150 Å². The van der Waals surface area contributed by atoms with E-state index in [-0.39, 0.29) is 5.91 Å². The first-order valence-electron chi connectivity index (χ1n) is 7.68. The number of carbonyl (C=O) groups is 1. The van der Waals surface area contributed by atoms with Gasteiger partial charge in [-0.3, -0.25) is 4.79 Å². The van der Waals surface area contributed by atoms with Crippen molar-refractivity contribution < 1.29 is 14.1 Å². The van der Waals surface area contributed by atoms with E-state index in [0.717, 1.165) is 5.56 Å². The lowest BCUT2D eigenvalue weighted by molar-refractivity contribution is 0.102. The third-order valence-electron chi connectivity index (χ3n) is 3.82. The normalized spacial score (nSPS) is 10.6. The number of methoxy groups -OCH3 is 1. The van der Waals surface area contributed by atoms with Crippen LogP contribution >= 0.6 is 11.6 Å². The summed E-state index contributed by atoms with van der Waals surface area (Å²) in [6.45, 7) is 3.63. The number of anilines is 1. The summed E-state index contributed by atoms with van der Waals surface area (Å²) in [6, 6.07) is 12.7. The molecule has 0 bridgehead atoms. The van der Waals surface area contributed by atoms with Crippen molar-refractivity contribution in [3.8, 4) is 17.0 Å². The second-order valence-corrected chi connectivity index (χ2v) is 6.01. The van der Waals surface area contributed by atoms with Crippen molar-refractivity contribution in [2.24, 2.45) is 0 Å². The molecule has 0 fully saturated rings. The van der Waals surface area contributed by atoms with Crippen molar-refractivity contribution in [1.29, 1.82) is 0 Å². The van der Waals surface area contributed by atoms with Crippen LogP contribution in [0.25, 0.3) is 11.3 Å². The van der Waals surface area contributed by atoms with Gasteiger partial charge in [-0.25, -0.2) is 0 Å². The van der Waals surface area contributed by atoms with E-state index >= 15 is 0 Å². The fraction of sp³-hybridized carbons (Fsp3) is 0.158. The number of nitrogens with zero attached hydrogens (tertiary/aromatic N) is 1. The second kappa shape index (κ2) is 6.99. The molecule has 0 aliphatic carbocycles. The van der Waals surface area contributed by atoms with E-state index in [2.05, 4.69) is 10.5 Å². The topological polar surface area (TPSA) is 64.4 Å². The molecule has 1 amide bonds. The Kier molecular flexibility index (Phi) is 4.76. The molecule has 0 saturated heterocycles. The van der Waals surface area contributed by atoms with Gasteiger partial charge in [-0.05, 0) is 37.6 Å². The molecule has 6 heteroatoms. The Balaban J connectivity index is 2.01. The van der Waals surface area contributed by atoms with E-state index in [9.17, 15) is 4.79 Å². The van der Waals surface area contributed by atoms with E-state index in [1.54, 1.807) is 32.2 Å². The van der Waals surface area contributed by atoms with Crippen LogP contribution in [0.15, 0.2) is 47.0 Å². The van der Waals surface area contributed by atoms with Crippen molar-refractivity contribution in [3.63, 3.8) is 0 Å². The van der Waals surface area contributed by atoms with Crippen molar-refractivity contribution in [1.82, 2.24) is 5.16 Å². The van der Waals surface area contributed by atoms with E-state index in [0.29, 0.717) is 39.0 Å². The number of benzene rings is 2. The van der Waals surface area contributed by atoms with Gasteiger partial charge in [0.25, 0.3) is 5.91 Å². The molecule has 1 N–H and O–H groups in total. The van der Waals surface area contributed by atoms with Crippen molar-refractivity contribution in [2.45, 2.75) is 13.8 Å². The summed E-state index contributed by atoms with van der Waals surface area (Å²) >= 11 is 6.24. The zero-order chi connectivity index (χ0) is 18.0. The summed E-state index contributed by atoms with van der Waals surface area (Å²) in [6.07, 6.45) is 0. The SMILES string of the molecule is COc1ccc(C)cc1NC(=O)c1c(-c2ccccc2Cl)noc1C. The summed E-state index contributed by atoms with van der Waals surface area (Å²) in [7, 11) is 1.56. The Morgan fingerprint density at radius 3 is 2.68 bits per heavy atom. The van der Waals surface area contributed by atoms with Crippen LogP contribution in [-0.2, 0) is 0 Å². The van der Waals surface area contributed by atoms with Crippen LogP contribution in [-0.4, -0.2) is 18.2 Å². The van der Waals surface area contributed by atoms with Gasteiger partial charge in [0.15, 0.2) is 0 Å². The Morgan fingerprint density at radius 2 is 1.96 bits per heavy atom. The molecule has 3 aromatic rings. The Hall–Kier alpha value is -2.79. The van der Waals surface area contributed by atoms with Gasteiger partial charge in [0.05, 0.1) is 17.8 Å². The van der Waals surface area contributed by atoms with Crippen LogP contribution in [0, 0.1) is 13.8 Å². The summed E-state index contributed by atoms with van der Waals surface area (Å²) in [4.78, 5) is 12.9. The minimum absolute atomic E-state index is 0.336. The van der Waals surface area contributed by atoms with Crippen LogP contribution in [0.4, 0.5) is 5.69 Å². The molecular formula is C19H17ClN2O3. The van der Waals surface area contributed by atoms with Gasteiger partial charge in [0, 0.05) is 5.56 Å². The standard InChI is InChI=1S/C19H17ClN2O3/c1-11-8-9-16(24-3)15(10-11)21-19(23)17-12(2)25-22-18(17)13-6-4-5-7-14(13)20/h4-10H,1-3H3,(H,21,23). The monoisotopic (exact) mass is 356 g/mol. The van der Waals surface area contributed by atoms with Crippen LogP contribution in [0.5, 0.6) is 5.75 Å². The molecule has 0 aliphatic heterocycles. The number of hydrogen-bond acceptors (Lipinski definition) is 4. The number of ether oxygens (including phenoxy) is 1. The lowest BCUT2D eigenvalue weighted by atomic mass is 10.1. The highest BCUT2D eigenvalue weighted by Crippen LogP contribution is 2.32. The molecule has 0 unspecified atom stereocenters. The maximum Gasteiger partial charge on any atom is 0.261 e. The summed E-state index contributed by atoms with van der Waals surface area (Å²) in [5.41, 5.74) is 2.98. The molecule has 1 heterocycles. The van der Waals surface area contributed by atoms with Crippen LogP contribution in [0.1, 0.15) is 21.7 Å². The summed E-state index contributed by atoms with van der Waals surface area (Å²) < 4.78 is 10.6. The summed E-state index contributed by atoms with van der Waals surface area (Å²) in [5, 5.41) is 7.38. The average molecular weight is 357 g/mol. The maximum atomic E-state index is 12.9. The van der Waals surface area contributed by atoms with E-state index in [1.807, 2.05) is 31.2 Å². The number of amides is 1. The van der Waals surface area contributed by atoms with Crippen LogP contribution in [0.3, 0.4) is 0 Å². The highest BCUT2D eigenvalue weighted by molar-refractivity contribution is 6.33. The third-order valence-corrected chi connectivity index (χ3v) is 4.15. The molecule has 0 spiro atoms. The third kappa shape index (κ3) is 3.37. The number of aromatic nitrogens is 1. The first-order chi connectivity index (χ1) is 12.0. The van der Waals surface area contributed by atoms with Gasteiger partial charge in [-0.1, -0.05) is 41.0 Å². The number of nitrogens with one attached hydrogen (secondary N) is 1. The largest absolute Gasteiger partial charge is 0.495 e. The molecule has 5 nitrogen and oxygen atoms in total. The van der Waals surface area contributed by atoms with Gasteiger partial charge >= 0.3 is 0 Å². The molecule has 25 heavy (non-hydrogen) atoms. The van der Waals surface area contributed by atoms with Gasteiger partial charge in [0.2, 0.25) is 0 Å². The molecule has 0 atom stereocenters. The predicted molar refractivity (Wildman–Crippen MR) is 97.4 cm³/mol. The van der Waals surface area contributed by atoms with Crippen LogP contribution in [0.2, 0.25) is 5.02 Å². The van der Waals surface area contributed by atoms with E-state index in [1.165, 1.54) is 0 Å². The van der Waals surface area contributed by atoms with Crippen molar-refractivity contribution in [3.05, 3.63) is 64.4 Å². The van der Waals surface area contributed by atoms with Gasteiger partial charge in [-0.2, -0.15) is 0 Å². The molecule has 128 valence electrons. The quantitative estimate of drug-likeness (QED) is 0.724. The minimum Gasteiger partial charge on any atom is -0.495 e. The number of rotatable bonds is 4. The fourth-order valence-electron chi connectivity index (χ4n) is 2.58. The molecule has 2 aromatic carbocycles. The summed E-state index contributed by atoms with van der Waals surface area (Å²) in [5.74, 6) is 0.656. The van der Waals surface area contributed by atoms with Crippen molar-refractivity contribution >= 4 is 23.2 Å². The van der Waals surface area contributed by atoms with E-state index in [4.69, 9.17) is 20.9 Å². The van der Waals surface area contributed by atoms with E-state index < -0.39 is 0 Å². The van der Waals surface area contributed by atoms with Gasteiger partial charge in [-0.15, -0.1) is 0 Å². The molecular weight excluding hydrogens is 340 g/mol. The lowest BCUT2D eigenvalue weighted by Crippen LogP contribution is -2.14. The molecule has 0 radical (unpaired) electrons. The second-order valence-electron chi connectivity index (χ2n) is 5.60. The van der Waals surface area contributed by atoms with Crippen molar-refractivity contribution in [2.75, 3.05) is 12.4 Å². The fourth-order valence-corrected chi connectivity index (χ4v) is 2.81. The number of aryl methyl sites for hydroxylation is 2. The zero-order valence-electron chi connectivity index (χ0n) is 14.1. The van der Waals surface area contributed by atoms with Gasteiger partial charge in [0.1, 0.15) is 22.8 Å². The molecule has 3 rings (SSSR count). The Morgan fingerprint density at radius 1 is 1.20 bits per heavy atom. The molecule has 0 aliphatic rings.